The number of ketones is 1. The molecule has 3 heteroatoms. The number of phenols is 1. The number of carbonyl (C=O) groups is 1. The van der Waals surface area contributed by atoms with Gasteiger partial charge in [0.05, 0.1) is 5.88 Å². The lowest BCUT2D eigenvalue weighted by Crippen LogP contribution is -2.00. The molecular weight excluding hydrogens is 212 g/mol. The van der Waals surface area contributed by atoms with Crippen molar-refractivity contribution < 1.29 is 9.90 Å². The topological polar surface area (TPSA) is 37.3 Å². The Labute approximate surface area is 92.1 Å². The molecule has 0 aromatic heterocycles. The first-order valence-corrected chi connectivity index (χ1v) is 5.07. The van der Waals surface area contributed by atoms with Crippen LogP contribution in [0.1, 0.15) is 10.4 Å². The van der Waals surface area contributed by atoms with Gasteiger partial charge in [-0.3, -0.25) is 4.79 Å². The summed E-state index contributed by atoms with van der Waals surface area (Å²) in [5, 5.41) is 11.0. The summed E-state index contributed by atoms with van der Waals surface area (Å²) >= 11 is 5.51. The lowest BCUT2D eigenvalue weighted by Gasteiger charge is -2.05. The molecule has 15 heavy (non-hydrogen) atoms. The Morgan fingerprint density at radius 1 is 1.13 bits per heavy atom. The molecule has 0 radical (unpaired) electrons. The minimum Gasteiger partial charge on any atom is -0.507 e. The van der Waals surface area contributed by atoms with Crippen molar-refractivity contribution in [1.29, 1.82) is 0 Å². The zero-order valence-corrected chi connectivity index (χ0v) is 8.66. The molecule has 0 atom stereocenters. The largest absolute Gasteiger partial charge is 0.507 e. The average Bonchev–Trinajstić information content (AvgIpc) is 2.28. The van der Waals surface area contributed by atoms with Crippen LogP contribution in [-0.4, -0.2) is 16.8 Å². The van der Waals surface area contributed by atoms with E-state index in [0.29, 0.717) is 10.9 Å². The summed E-state index contributed by atoms with van der Waals surface area (Å²) in [6, 6.07) is 10.3. The van der Waals surface area contributed by atoms with Gasteiger partial charge >= 0.3 is 0 Å². The third-order valence-electron chi connectivity index (χ3n) is 2.32. The van der Waals surface area contributed by atoms with Crippen LogP contribution in [0.5, 0.6) is 5.75 Å². The molecule has 0 aliphatic heterocycles. The third-order valence-corrected chi connectivity index (χ3v) is 2.56. The number of aromatic hydroxyl groups is 1. The Morgan fingerprint density at radius 3 is 2.53 bits per heavy atom. The molecular formula is C12H9ClO2. The first-order valence-electron chi connectivity index (χ1n) is 4.54. The predicted octanol–water partition coefficient (Wildman–Crippen LogP) is 2.97. The highest BCUT2D eigenvalue weighted by molar-refractivity contribution is 6.32. The van der Waals surface area contributed by atoms with Gasteiger partial charge in [0, 0.05) is 10.9 Å². The first kappa shape index (κ1) is 9.99. The van der Waals surface area contributed by atoms with Crippen LogP contribution in [0.3, 0.4) is 0 Å². The molecule has 0 bridgehead atoms. The Morgan fingerprint density at radius 2 is 1.80 bits per heavy atom. The standard InChI is InChI=1S/C12H9ClO2/c13-7-12(15)10-5-1-4-9-8(10)3-2-6-11(9)14/h1-6,14H,7H2. The number of hydrogen-bond donors (Lipinski definition) is 1. The van der Waals surface area contributed by atoms with Gasteiger partial charge in [0.25, 0.3) is 0 Å². The van der Waals surface area contributed by atoms with E-state index in [4.69, 9.17) is 11.6 Å². The normalized spacial score (nSPS) is 10.5. The van der Waals surface area contributed by atoms with Gasteiger partial charge in [-0.25, -0.2) is 0 Å². The number of carbonyl (C=O) groups excluding carboxylic acids is 1. The lowest BCUT2D eigenvalue weighted by atomic mass is 10.0. The molecule has 0 unspecified atom stereocenters. The molecule has 0 amide bonds. The minimum absolute atomic E-state index is 0.0469. The molecule has 0 aliphatic rings. The Hall–Kier alpha value is -1.54. The zero-order chi connectivity index (χ0) is 10.8. The number of alkyl halides is 1. The SMILES string of the molecule is O=C(CCl)c1cccc2c(O)cccc12. The minimum atomic E-state index is -0.132. The molecule has 0 saturated carbocycles. The first-order chi connectivity index (χ1) is 7.24. The van der Waals surface area contributed by atoms with Gasteiger partial charge in [0.1, 0.15) is 5.75 Å². The molecule has 2 rings (SSSR count). The maximum atomic E-state index is 11.5. The van der Waals surface area contributed by atoms with Crippen molar-refractivity contribution in [3.05, 3.63) is 42.0 Å². The molecule has 0 spiro atoms. The second kappa shape index (κ2) is 3.91. The fourth-order valence-corrected chi connectivity index (χ4v) is 1.75. The third kappa shape index (κ3) is 1.68. The van der Waals surface area contributed by atoms with E-state index in [1.807, 2.05) is 0 Å². The van der Waals surface area contributed by atoms with Gasteiger partial charge < -0.3 is 5.11 Å². The zero-order valence-electron chi connectivity index (χ0n) is 7.90. The number of rotatable bonds is 2. The van der Waals surface area contributed by atoms with Crippen molar-refractivity contribution in [2.75, 3.05) is 5.88 Å². The number of phenolic OH excluding ortho intramolecular Hbond substituents is 1. The number of halogens is 1. The molecule has 2 nitrogen and oxygen atoms in total. The van der Waals surface area contributed by atoms with Crippen LogP contribution in [0.4, 0.5) is 0 Å². The molecule has 0 saturated heterocycles. The van der Waals surface area contributed by atoms with Crippen LogP contribution in [0.15, 0.2) is 36.4 Å². The maximum absolute atomic E-state index is 11.5. The van der Waals surface area contributed by atoms with Crippen LogP contribution in [0.2, 0.25) is 0 Å². The van der Waals surface area contributed by atoms with E-state index in [0.717, 1.165) is 5.39 Å². The monoisotopic (exact) mass is 220 g/mol. The second-order valence-electron chi connectivity index (χ2n) is 3.23. The number of hydrogen-bond acceptors (Lipinski definition) is 2. The van der Waals surface area contributed by atoms with Crippen LogP contribution < -0.4 is 0 Å². The highest BCUT2D eigenvalue weighted by atomic mass is 35.5. The average molecular weight is 221 g/mol. The van der Waals surface area contributed by atoms with E-state index >= 15 is 0 Å². The lowest BCUT2D eigenvalue weighted by molar-refractivity contribution is 0.102. The molecule has 76 valence electrons. The van der Waals surface area contributed by atoms with E-state index in [1.165, 1.54) is 0 Å². The van der Waals surface area contributed by atoms with E-state index in [-0.39, 0.29) is 17.4 Å². The summed E-state index contributed by atoms with van der Waals surface area (Å²) < 4.78 is 0. The maximum Gasteiger partial charge on any atom is 0.178 e. The summed E-state index contributed by atoms with van der Waals surface area (Å²) in [4.78, 5) is 11.5. The van der Waals surface area contributed by atoms with E-state index < -0.39 is 0 Å². The van der Waals surface area contributed by atoms with Crippen LogP contribution in [-0.2, 0) is 0 Å². The fraction of sp³-hybridized carbons (Fsp3) is 0.0833. The van der Waals surface area contributed by atoms with Gasteiger partial charge in [0.2, 0.25) is 0 Å². The number of fused-ring (bicyclic) bond motifs is 1. The van der Waals surface area contributed by atoms with Crippen molar-refractivity contribution in [3.8, 4) is 5.75 Å². The van der Waals surface area contributed by atoms with E-state index in [9.17, 15) is 9.90 Å². The van der Waals surface area contributed by atoms with E-state index in [2.05, 4.69) is 0 Å². The molecule has 1 N–H and O–H groups in total. The Kier molecular flexibility index (Phi) is 2.60. The molecule has 2 aromatic carbocycles. The van der Waals surface area contributed by atoms with Crippen molar-refractivity contribution in [1.82, 2.24) is 0 Å². The summed E-state index contributed by atoms with van der Waals surface area (Å²) in [5.74, 6) is -0.000940. The summed E-state index contributed by atoms with van der Waals surface area (Å²) in [7, 11) is 0. The van der Waals surface area contributed by atoms with Gasteiger partial charge in [-0.15, -0.1) is 11.6 Å². The van der Waals surface area contributed by atoms with Crippen molar-refractivity contribution in [2.45, 2.75) is 0 Å². The van der Waals surface area contributed by atoms with Gasteiger partial charge in [0.15, 0.2) is 5.78 Å². The number of Topliss-reactive ketones (excluding diaryl/α,β-unsaturated/α-hetero) is 1. The Bertz CT molecular complexity index is 520. The molecule has 0 fully saturated rings. The quantitative estimate of drug-likeness (QED) is 0.624. The van der Waals surface area contributed by atoms with Crippen molar-refractivity contribution >= 4 is 28.2 Å². The predicted molar refractivity (Wildman–Crippen MR) is 60.7 cm³/mol. The summed E-state index contributed by atoms with van der Waals surface area (Å²) in [6.45, 7) is 0. The molecule has 2 aromatic rings. The van der Waals surface area contributed by atoms with Crippen molar-refractivity contribution in [2.24, 2.45) is 0 Å². The summed E-state index contributed by atoms with van der Waals surface area (Å²) in [6.07, 6.45) is 0. The van der Waals surface area contributed by atoms with Crippen molar-refractivity contribution in [3.63, 3.8) is 0 Å². The second-order valence-corrected chi connectivity index (χ2v) is 3.50. The Balaban J connectivity index is 2.77. The molecule has 0 heterocycles. The highest BCUT2D eigenvalue weighted by Gasteiger charge is 2.09. The van der Waals surface area contributed by atoms with Gasteiger partial charge in [-0.05, 0) is 11.5 Å². The van der Waals surface area contributed by atoms with Crippen LogP contribution >= 0.6 is 11.6 Å². The fourth-order valence-electron chi connectivity index (χ4n) is 1.61. The van der Waals surface area contributed by atoms with Crippen LogP contribution in [0, 0.1) is 0 Å². The summed E-state index contributed by atoms with van der Waals surface area (Å²) in [5.41, 5.74) is 0.554. The highest BCUT2D eigenvalue weighted by Crippen LogP contribution is 2.27. The smallest absolute Gasteiger partial charge is 0.178 e. The molecule has 0 aliphatic carbocycles. The van der Waals surface area contributed by atoms with Gasteiger partial charge in [-0.2, -0.15) is 0 Å². The van der Waals surface area contributed by atoms with E-state index in [1.54, 1.807) is 36.4 Å². The number of benzene rings is 2. The van der Waals surface area contributed by atoms with Crippen LogP contribution in [0.25, 0.3) is 10.8 Å². The van der Waals surface area contributed by atoms with Gasteiger partial charge in [-0.1, -0.05) is 30.3 Å².